The quantitative estimate of drug-likeness (QED) is 0.901. The van der Waals surface area contributed by atoms with E-state index in [0.717, 1.165) is 11.4 Å². The minimum absolute atomic E-state index is 0.525. The third-order valence-electron chi connectivity index (χ3n) is 3.43. The molecule has 0 unspecified atom stereocenters. The zero-order valence-electron chi connectivity index (χ0n) is 10.5. The van der Waals surface area contributed by atoms with E-state index in [-0.39, 0.29) is 0 Å². The fourth-order valence-corrected chi connectivity index (χ4v) is 3.46. The van der Waals surface area contributed by atoms with Crippen LogP contribution in [0.2, 0.25) is 0 Å². The van der Waals surface area contributed by atoms with E-state index in [1.54, 1.807) is 0 Å². The summed E-state index contributed by atoms with van der Waals surface area (Å²) in [4.78, 5) is 5.91. The lowest BCUT2D eigenvalue weighted by Gasteiger charge is -2.16. The van der Waals surface area contributed by atoms with Crippen molar-refractivity contribution in [3.63, 3.8) is 0 Å². The maximum absolute atomic E-state index is 5.81. The van der Waals surface area contributed by atoms with Crippen LogP contribution in [0.3, 0.4) is 0 Å². The fourth-order valence-electron chi connectivity index (χ4n) is 2.45. The number of rotatable bonds is 2. The number of nitrogens with two attached hydrogens (primary N) is 1. The van der Waals surface area contributed by atoms with E-state index in [1.165, 1.54) is 34.6 Å². The Morgan fingerprint density at radius 3 is 3.17 bits per heavy atom. The largest absolute Gasteiger partial charge is 0.336 e. The van der Waals surface area contributed by atoms with Gasteiger partial charge < -0.3 is 10.3 Å². The maximum atomic E-state index is 5.81. The first-order valence-electron chi connectivity index (χ1n) is 6.26. The Morgan fingerprint density at radius 1 is 1.44 bits per heavy atom. The van der Waals surface area contributed by atoms with Crippen LogP contribution in [-0.4, -0.2) is 15.3 Å². The molecule has 1 aromatic carbocycles. The lowest BCUT2D eigenvalue weighted by atomic mass is 10.0. The van der Waals surface area contributed by atoms with Gasteiger partial charge in [0, 0.05) is 24.1 Å². The van der Waals surface area contributed by atoms with Crippen molar-refractivity contribution >= 4 is 11.8 Å². The molecule has 0 radical (unpaired) electrons. The van der Waals surface area contributed by atoms with Gasteiger partial charge in [0.15, 0.2) is 0 Å². The first-order chi connectivity index (χ1) is 8.79. The van der Waals surface area contributed by atoms with Crippen LogP contribution >= 0.6 is 11.8 Å². The Bertz CT molecular complexity index is 574. The lowest BCUT2D eigenvalue weighted by Crippen LogP contribution is -2.04. The average Bonchev–Trinajstić information content (AvgIpc) is 2.79. The molecule has 3 rings (SSSR count). The second-order valence-corrected chi connectivity index (χ2v) is 5.77. The highest BCUT2D eigenvalue weighted by atomic mass is 32.2. The molecule has 0 atom stereocenters. The molecule has 18 heavy (non-hydrogen) atoms. The molecule has 0 saturated heterocycles. The van der Waals surface area contributed by atoms with Crippen molar-refractivity contribution in [2.24, 2.45) is 12.8 Å². The second kappa shape index (κ2) is 4.78. The number of imidazole rings is 1. The summed E-state index contributed by atoms with van der Waals surface area (Å²) in [6.07, 6.45) is 4.29. The van der Waals surface area contributed by atoms with Gasteiger partial charge in [0.1, 0.15) is 0 Å². The van der Waals surface area contributed by atoms with Crippen molar-refractivity contribution in [3.05, 3.63) is 35.8 Å². The van der Waals surface area contributed by atoms with Crippen LogP contribution in [-0.2, 0) is 20.0 Å². The standard InChI is InChI=1S/C14H17N3S/c1-17-9-16-14(12(17)8-15)11-4-5-13-10(7-11)3-2-6-18-13/h4-5,7,9H,2-3,6,8,15H2,1H3. The molecule has 2 aromatic rings. The number of aromatic nitrogens is 2. The van der Waals surface area contributed by atoms with E-state index in [2.05, 4.69) is 23.2 Å². The molecule has 0 aliphatic carbocycles. The summed E-state index contributed by atoms with van der Waals surface area (Å²) in [7, 11) is 1.99. The number of nitrogens with zero attached hydrogens (tertiary/aromatic N) is 2. The number of benzene rings is 1. The van der Waals surface area contributed by atoms with Gasteiger partial charge in [-0.15, -0.1) is 11.8 Å². The summed E-state index contributed by atoms with van der Waals surface area (Å²) in [5, 5.41) is 0. The van der Waals surface area contributed by atoms with E-state index in [0.29, 0.717) is 6.54 Å². The summed E-state index contributed by atoms with van der Waals surface area (Å²) in [6, 6.07) is 6.67. The Labute approximate surface area is 111 Å². The molecule has 2 N–H and O–H groups in total. The highest BCUT2D eigenvalue weighted by Gasteiger charge is 2.14. The van der Waals surface area contributed by atoms with Crippen molar-refractivity contribution in [2.45, 2.75) is 24.3 Å². The van der Waals surface area contributed by atoms with Gasteiger partial charge in [0.25, 0.3) is 0 Å². The van der Waals surface area contributed by atoms with Crippen LogP contribution in [0.4, 0.5) is 0 Å². The Hall–Kier alpha value is -1.26. The van der Waals surface area contributed by atoms with Crippen LogP contribution in [0.5, 0.6) is 0 Å². The monoisotopic (exact) mass is 259 g/mol. The van der Waals surface area contributed by atoms with Gasteiger partial charge in [0.05, 0.1) is 17.7 Å². The van der Waals surface area contributed by atoms with Crippen LogP contribution in [0.25, 0.3) is 11.3 Å². The number of aryl methyl sites for hydroxylation is 2. The van der Waals surface area contributed by atoms with E-state index < -0.39 is 0 Å². The molecule has 1 aromatic heterocycles. The smallest absolute Gasteiger partial charge is 0.0953 e. The van der Waals surface area contributed by atoms with Gasteiger partial charge in [-0.2, -0.15) is 0 Å². The summed E-state index contributed by atoms with van der Waals surface area (Å²) in [5.41, 5.74) is 10.6. The van der Waals surface area contributed by atoms with Gasteiger partial charge in [0.2, 0.25) is 0 Å². The number of thioether (sulfide) groups is 1. The average molecular weight is 259 g/mol. The first-order valence-corrected chi connectivity index (χ1v) is 7.24. The van der Waals surface area contributed by atoms with E-state index in [9.17, 15) is 0 Å². The third kappa shape index (κ3) is 1.95. The van der Waals surface area contributed by atoms with Crippen molar-refractivity contribution < 1.29 is 0 Å². The molecular weight excluding hydrogens is 242 g/mol. The van der Waals surface area contributed by atoms with Crippen molar-refractivity contribution in [2.75, 3.05) is 5.75 Å². The molecule has 0 spiro atoms. The number of fused-ring (bicyclic) bond motifs is 1. The second-order valence-electron chi connectivity index (χ2n) is 4.63. The molecule has 4 heteroatoms. The minimum atomic E-state index is 0.525. The summed E-state index contributed by atoms with van der Waals surface area (Å²) < 4.78 is 2.00. The van der Waals surface area contributed by atoms with Crippen molar-refractivity contribution in [3.8, 4) is 11.3 Å². The molecule has 2 heterocycles. The van der Waals surface area contributed by atoms with Gasteiger partial charge in [-0.1, -0.05) is 6.07 Å². The summed E-state index contributed by atoms with van der Waals surface area (Å²) >= 11 is 1.96. The minimum Gasteiger partial charge on any atom is -0.336 e. The van der Waals surface area contributed by atoms with E-state index in [4.69, 9.17) is 5.73 Å². The first kappa shape index (κ1) is 11.8. The zero-order valence-corrected chi connectivity index (χ0v) is 11.3. The topological polar surface area (TPSA) is 43.8 Å². The van der Waals surface area contributed by atoms with Crippen LogP contribution < -0.4 is 5.73 Å². The van der Waals surface area contributed by atoms with Gasteiger partial charge in [-0.3, -0.25) is 0 Å². The normalized spacial score (nSPS) is 14.6. The SMILES string of the molecule is Cn1cnc(-c2ccc3c(c2)CCCS3)c1CN. The van der Waals surface area contributed by atoms with Gasteiger partial charge in [-0.25, -0.2) is 4.98 Å². The molecule has 0 amide bonds. The van der Waals surface area contributed by atoms with Crippen LogP contribution in [0.15, 0.2) is 29.4 Å². The molecule has 3 nitrogen and oxygen atoms in total. The van der Waals surface area contributed by atoms with E-state index >= 15 is 0 Å². The van der Waals surface area contributed by atoms with Crippen LogP contribution in [0.1, 0.15) is 17.7 Å². The molecule has 1 aliphatic rings. The van der Waals surface area contributed by atoms with Crippen molar-refractivity contribution in [1.82, 2.24) is 9.55 Å². The highest BCUT2D eigenvalue weighted by Crippen LogP contribution is 2.33. The zero-order chi connectivity index (χ0) is 12.5. The van der Waals surface area contributed by atoms with Crippen molar-refractivity contribution in [1.29, 1.82) is 0 Å². The molecule has 0 saturated carbocycles. The van der Waals surface area contributed by atoms with E-state index in [1.807, 2.05) is 29.7 Å². The van der Waals surface area contributed by atoms with Gasteiger partial charge in [-0.05, 0) is 36.3 Å². The Morgan fingerprint density at radius 2 is 2.33 bits per heavy atom. The summed E-state index contributed by atoms with van der Waals surface area (Å²) in [6.45, 7) is 0.525. The van der Waals surface area contributed by atoms with Crippen LogP contribution in [0, 0.1) is 0 Å². The molecule has 1 aliphatic heterocycles. The summed E-state index contributed by atoms with van der Waals surface area (Å²) in [5.74, 6) is 1.24. The molecule has 0 bridgehead atoms. The fraction of sp³-hybridized carbons (Fsp3) is 0.357. The van der Waals surface area contributed by atoms with Gasteiger partial charge >= 0.3 is 0 Å². The predicted molar refractivity (Wildman–Crippen MR) is 75.6 cm³/mol. The number of hydrogen-bond acceptors (Lipinski definition) is 3. The highest BCUT2D eigenvalue weighted by molar-refractivity contribution is 7.99. The lowest BCUT2D eigenvalue weighted by molar-refractivity contribution is 0.821. The molecule has 0 fully saturated rings. The Kier molecular flexibility index (Phi) is 3.14. The Balaban J connectivity index is 2.06. The predicted octanol–water partition coefficient (Wildman–Crippen LogP) is 2.58. The molecule has 94 valence electrons. The third-order valence-corrected chi connectivity index (χ3v) is 4.64. The molecular formula is C14H17N3S. The number of hydrogen-bond donors (Lipinski definition) is 1. The maximum Gasteiger partial charge on any atom is 0.0953 e.